The Morgan fingerprint density at radius 3 is 1.52 bits per heavy atom. The first kappa shape index (κ1) is 33.3. The lowest BCUT2D eigenvalue weighted by molar-refractivity contribution is 0.666. The predicted molar refractivity (Wildman–Crippen MR) is 247 cm³/mol. The van der Waals surface area contributed by atoms with E-state index in [-0.39, 0.29) is 5.41 Å². The highest BCUT2D eigenvalue weighted by Gasteiger charge is 2.40. The van der Waals surface area contributed by atoms with Crippen LogP contribution in [0.2, 0.25) is 0 Å². The van der Waals surface area contributed by atoms with Gasteiger partial charge in [-0.15, -0.1) is 0 Å². The van der Waals surface area contributed by atoms with Gasteiger partial charge in [-0.25, -0.2) is 0 Å². The molecule has 0 atom stereocenters. The van der Waals surface area contributed by atoms with Crippen LogP contribution in [0.1, 0.15) is 25.0 Å². The van der Waals surface area contributed by atoms with E-state index in [9.17, 15) is 0 Å². The molecule has 10 aromatic carbocycles. The molecule has 2 aliphatic rings. The number of anilines is 6. The second-order valence-electron chi connectivity index (χ2n) is 16.1. The lowest BCUT2D eigenvalue weighted by Gasteiger charge is -2.30. The average Bonchev–Trinajstić information content (AvgIpc) is 3.51. The quantitative estimate of drug-likeness (QED) is 0.156. The summed E-state index contributed by atoms with van der Waals surface area (Å²) in [6.45, 7) is 4.87. The Bertz CT molecular complexity index is 3130. The van der Waals surface area contributed by atoms with Crippen LogP contribution in [0.5, 0.6) is 0 Å². The fraction of sp³-hybridized carbons (Fsp3) is 0.0545. The first-order valence-corrected chi connectivity index (χ1v) is 20.9. The van der Waals surface area contributed by atoms with E-state index < -0.39 is 0 Å². The van der Waals surface area contributed by atoms with Crippen molar-refractivity contribution in [1.82, 2.24) is 0 Å². The minimum atomic E-state index is -0.230. The van der Waals surface area contributed by atoms with E-state index in [1.807, 2.05) is 11.8 Å². The first-order valence-electron chi connectivity index (χ1n) is 20.1. The van der Waals surface area contributed by atoms with E-state index in [4.69, 9.17) is 0 Å². The minimum Gasteiger partial charge on any atom is -0.310 e. The van der Waals surface area contributed by atoms with Gasteiger partial charge in [0.15, 0.2) is 0 Å². The summed E-state index contributed by atoms with van der Waals surface area (Å²) in [7, 11) is 0. The Labute approximate surface area is 343 Å². The van der Waals surface area contributed by atoms with Crippen molar-refractivity contribution in [3.05, 3.63) is 205 Å². The molecule has 1 heterocycles. The molecule has 1 aliphatic carbocycles. The van der Waals surface area contributed by atoms with Gasteiger partial charge in [-0.3, -0.25) is 0 Å². The van der Waals surface area contributed by atoms with Crippen LogP contribution in [0.25, 0.3) is 54.6 Å². The molecule has 0 N–H and O–H groups in total. The molecule has 274 valence electrons. The highest BCUT2D eigenvalue weighted by atomic mass is 32.2. The van der Waals surface area contributed by atoms with Crippen molar-refractivity contribution >= 4 is 78.2 Å². The topological polar surface area (TPSA) is 6.48 Å². The van der Waals surface area contributed by atoms with Gasteiger partial charge in [0.1, 0.15) is 0 Å². The van der Waals surface area contributed by atoms with Crippen LogP contribution in [0.15, 0.2) is 204 Å². The van der Waals surface area contributed by atoms with E-state index in [0.29, 0.717) is 0 Å². The molecule has 12 rings (SSSR count). The number of rotatable bonds is 6. The number of fused-ring (bicyclic) bond motifs is 7. The van der Waals surface area contributed by atoms with Crippen molar-refractivity contribution in [2.24, 2.45) is 0 Å². The second kappa shape index (κ2) is 12.6. The molecule has 0 spiro atoms. The fourth-order valence-electron chi connectivity index (χ4n) is 10.0. The third-order valence-corrected chi connectivity index (χ3v) is 13.6. The average molecular weight is 759 g/mol. The van der Waals surface area contributed by atoms with Crippen LogP contribution < -0.4 is 9.80 Å². The van der Waals surface area contributed by atoms with Crippen LogP contribution in [-0.4, -0.2) is 0 Å². The Kier molecular flexibility index (Phi) is 7.24. The van der Waals surface area contributed by atoms with Crippen molar-refractivity contribution in [3.8, 4) is 22.3 Å². The maximum Gasteiger partial charge on any atom is 0.0473 e. The molecule has 0 unspecified atom stereocenters. The monoisotopic (exact) mass is 758 g/mol. The molecule has 0 bridgehead atoms. The fourth-order valence-corrected chi connectivity index (χ4v) is 11.2. The van der Waals surface area contributed by atoms with Gasteiger partial charge in [0.2, 0.25) is 0 Å². The molecule has 3 heteroatoms. The third kappa shape index (κ3) is 4.80. The smallest absolute Gasteiger partial charge is 0.0473 e. The normalized spacial score (nSPS) is 13.4. The summed E-state index contributed by atoms with van der Waals surface area (Å²) in [6, 6.07) is 71.3. The number of para-hydroxylation sites is 4. The summed E-state index contributed by atoms with van der Waals surface area (Å²) in [5, 5.41) is 8.16. The minimum absolute atomic E-state index is 0.230. The Balaban J connectivity index is 1.05. The summed E-state index contributed by atoms with van der Waals surface area (Å²) >= 11 is 1.91. The van der Waals surface area contributed by atoms with Gasteiger partial charge >= 0.3 is 0 Å². The van der Waals surface area contributed by atoms with E-state index in [1.54, 1.807) is 0 Å². The molecule has 1 aliphatic heterocycles. The third-order valence-electron chi connectivity index (χ3n) is 12.5. The zero-order chi connectivity index (χ0) is 38.5. The van der Waals surface area contributed by atoms with Gasteiger partial charge in [0, 0.05) is 54.7 Å². The first-order chi connectivity index (χ1) is 28.5. The van der Waals surface area contributed by atoms with Crippen LogP contribution >= 0.6 is 11.8 Å². The van der Waals surface area contributed by atoms with Gasteiger partial charge in [-0.1, -0.05) is 135 Å². The second-order valence-corrected chi connectivity index (χ2v) is 17.2. The predicted octanol–water partition coefficient (Wildman–Crippen LogP) is 16.0. The lowest BCUT2D eigenvalue weighted by atomic mass is 9.77. The number of hydrogen-bond acceptors (Lipinski definition) is 3. The van der Waals surface area contributed by atoms with Crippen LogP contribution in [-0.2, 0) is 5.41 Å². The number of benzene rings is 10. The Morgan fingerprint density at radius 2 is 0.931 bits per heavy atom. The lowest BCUT2D eigenvalue weighted by Crippen LogP contribution is -2.17. The number of nitrogens with zero attached hydrogens (tertiary/aromatic N) is 2. The summed E-state index contributed by atoms with van der Waals surface area (Å²) in [6.07, 6.45) is 0. The maximum absolute atomic E-state index is 2.46. The Morgan fingerprint density at radius 1 is 0.379 bits per heavy atom. The van der Waals surface area contributed by atoms with E-state index in [2.05, 4.69) is 218 Å². The summed E-state index contributed by atoms with van der Waals surface area (Å²) in [5.74, 6) is 0. The molecule has 58 heavy (non-hydrogen) atoms. The molecule has 0 fully saturated rings. The molecule has 2 nitrogen and oxygen atoms in total. The molecule has 0 radical (unpaired) electrons. The van der Waals surface area contributed by atoms with E-state index in [1.165, 1.54) is 81.2 Å². The van der Waals surface area contributed by atoms with Crippen molar-refractivity contribution in [2.45, 2.75) is 29.1 Å². The van der Waals surface area contributed by atoms with Gasteiger partial charge in [-0.05, 0) is 145 Å². The summed E-state index contributed by atoms with van der Waals surface area (Å²) in [5.41, 5.74) is 14.8. The maximum atomic E-state index is 2.46. The largest absolute Gasteiger partial charge is 0.310 e. The molecule has 10 aromatic rings. The van der Waals surface area contributed by atoms with Gasteiger partial charge in [0.05, 0.1) is 0 Å². The van der Waals surface area contributed by atoms with Crippen molar-refractivity contribution in [3.63, 3.8) is 0 Å². The summed E-state index contributed by atoms with van der Waals surface area (Å²) < 4.78 is 0. The highest BCUT2D eigenvalue weighted by Crippen LogP contribution is 2.60. The standard InChI is InChI=1S/C55H38N2S/c1-55(2)47-33-40(56(36-17-7-3-8-18-36)37-19-9-4-10-20-37)27-29-43(47)51-44-25-15-16-35-32-46-42-28-26-41(57(38-21-11-5-12-22-38)39-23-13-6-14-24-39)34-49(42)58-48-31-30-45(54(51)55)53(50(35)44)52(46)48/h3-34H,1-2H3. The van der Waals surface area contributed by atoms with Crippen LogP contribution in [0.3, 0.4) is 0 Å². The van der Waals surface area contributed by atoms with Gasteiger partial charge in [0.25, 0.3) is 0 Å². The molecular formula is C55H38N2S. The zero-order valence-electron chi connectivity index (χ0n) is 32.3. The van der Waals surface area contributed by atoms with Gasteiger partial charge < -0.3 is 9.80 Å². The van der Waals surface area contributed by atoms with Crippen LogP contribution in [0.4, 0.5) is 34.1 Å². The van der Waals surface area contributed by atoms with Crippen molar-refractivity contribution in [1.29, 1.82) is 0 Å². The van der Waals surface area contributed by atoms with E-state index >= 15 is 0 Å². The van der Waals surface area contributed by atoms with Crippen molar-refractivity contribution < 1.29 is 0 Å². The number of hydrogen-bond donors (Lipinski definition) is 0. The molecule has 0 amide bonds. The van der Waals surface area contributed by atoms with Crippen LogP contribution in [0, 0.1) is 0 Å². The summed E-state index contributed by atoms with van der Waals surface area (Å²) in [4.78, 5) is 7.35. The van der Waals surface area contributed by atoms with E-state index in [0.717, 1.165) is 28.4 Å². The molecule has 0 aromatic heterocycles. The SMILES string of the molecule is CC1(C)c2cc(N(c3ccccc3)c3ccccc3)ccc2-c2c1c1ccc3c4c(cc5cccc2c5c14)-c1ccc(N(c2ccccc2)c2ccccc2)cc1S3. The van der Waals surface area contributed by atoms with Gasteiger partial charge in [-0.2, -0.15) is 0 Å². The molecule has 0 saturated carbocycles. The zero-order valence-corrected chi connectivity index (χ0v) is 33.1. The Hall–Kier alpha value is -6.81. The highest BCUT2D eigenvalue weighted by molar-refractivity contribution is 7.99. The van der Waals surface area contributed by atoms with Crippen molar-refractivity contribution in [2.75, 3.05) is 9.80 Å². The molecular weight excluding hydrogens is 721 g/mol. The molecule has 0 saturated heterocycles.